The van der Waals surface area contributed by atoms with Crippen LogP contribution in [0.2, 0.25) is 0 Å². The summed E-state index contributed by atoms with van der Waals surface area (Å²) < 4.78 is 24.3. The molecule has 0 bridgehead atoms. The lowest BCUT2D eigenvalue weighted by Crippen LogP contribution is -2.34. The van der Waals surface area contributed by atoms with E-state index >= 15 is 0 Å². The van der Waals surface area contributed by atoms with Crippen LogP contribution >= 0.6 is 0 Å². The third kappa shape index (κ3) is 2.77. The zero-order valence-corrected chi connectivity index (χ0v) is 7.59. The minimum absolute atomic E-state index is 0.109. The Labute approximate surface area is 75.5 Å². The van der Waals surface area contributed by atoms with Gasteiger partial charge in [-0.1, -0.05) is 0 Å². The highest BCUT2D eigenvalue weighted by molar-refractivity contribution is 5.08. The van der Waals surface area contributed by atoms with E-state index in [0.29, 0.717) is 0 Å². The molecular formula is C8H13F2N3. The molecule has 0 aliphatic heterocycles. The number of H-pyrrole nitrogens is 1. The summed E-state index contributed by atoms with van der Waals surface area (Å²) in [6.45, 7) is 3.28. The standard InChI is InChI=1S/C8H13F2N3/c1-5(7-3-11-12-4-7)13-6(2)8(9)10/h3-6,8,13H,1-2H3,(H,11,12). The Bertz CT molecular complexity index is 236. The van der Waals surface area contributed by atoms with Gasteiger partial charge in [-0.05, 0) is 13.8 Å². The Morgan fingerprint density at radius 2 is 2.15 bits per heavy atom. The van der Waals surface area contributed by atoms with Crippen LogP contribution in [-0.4, -0.2) is 22.7 Å². The number of aromatic nitrogens is 2. The van der Waals surface area contributed by atoms with Gasteiger partial charge < -0.3 is 5.32 Å². The third-order valence-electron chi connectivity index (χ3n) is 1.91. The molecule has 0 aromatic carbocycles. The van der Waals surface area contributed by atoms with Crippen molar-refractivity contribution in [3.05, 3.63) is 18.0 Å². The fourth-order valence-electron chi connectivity index (χ4n) is 1.06. The van der Waals surface area contributed by atoms with Crippen molar-refractivity contribution in [3.63, 3.8) is 0 Å². The van der Waals surface area contributed by atoms with Gasteiger partial charge >= 0.3 is 0 Å². The van der Waals surface area contributed by atoms with Gasteiger partial charge in [-0.25, -0.2) is 8.78 Å². The third-order valence-corrected chi connectivity index (χ3v) is 1.91. The number of halogens is 2. The van der Waals surface area contributed by atoms with Gasteiger partial charge in [-0.2, -0.15) is 5.10 Å². The predicted molar refractivity (Wildman–Crippen MR) is 45.6 cm³/mol. The fraction of sp³-hybridized carbons (Fsp3) is 0.625. The van der Waals surface area contributed by atoms with Crippen LogP contribution in [0, 0.1) is 0 Å². The zero-order valence-electron chi connectivity index (χ0n) is 7.59. The largest absolute Gasteiger partial charge is 0.302 e. The number of nitrogens with one attached hydrogen (secondary N) is 2. The van der Waals surface area contributed by atoms with Crippen molar-refractivity contribution in [2.75, 3.05) is 0 Å². The highest BCUT2D eigenvalue weighted by atomic mass is 19.3. The van der Waals surface area contributed by atoms with E-state index < -0.39 is 12.5 Å². The Hall–Kier alpha value is -0.970. The van der Waals surface area contributed by atoms with Gasteiger partial charge in [0.1, 0.15) is 0 Å². The van der Waals surface area contributed by atoms with Gasteiger partial charge in [0.15, 0.2) is 0 Å². The first-order chi connectivity index (χ1) is 6.11. The molecule has 74 valence electrons. The Morgan fingerprint density at radius 3 is 2.62 bits per heavy atom. The molecule has 1 aromatic rings. The molecule has 0 fully saturated rings. The first kappa shape index (κ1) is 10.1. The molecule has 1 rings (SSSR count). The van der Waals surface area contributed by atoms with Crippen molar-refractivity contribution in [2.24, 2.45) is 0 Å². The first-order valence-corrected chi connectivity index (χ1v) is 4.14. The average Bonchev–Trinajstić information content (AvgIpc) is 2.55. The molecule has 0 radical (unpaired) electrons. The maximum absolute atomic E-state index is 12.1. The summed E-state index contributed by atoms with van der Waals surface area (Å²) in [5, 5.41) is 9.15. The zero-order chi connectivity index (χ0) is 9.84. The van der Waals surface area contributed by atoms with Gasteiger partial charge in [0.2, 0.25) is 0 Å². The van der Waals surface area contributed by atoms with Crippen LogP contribution in [0.1, 0.15) is 25.5 Å². The van der Waals surface area contributed by atoms with Crippen LogP contribution in [-0.2, 0) is 0 Å². The number of hydrogen-bond acceptors (Lipinski definition) is 2. The molecule has 0 spiro atoms. The summed E-state index contributed by atoms with van der Waals surface area (Å²) in [5.41, 5.74) is 0.882. The summed E-state index contributed by atoms with van der Waals surface area (Å²) >= 11 is 0. The molecule has 2 N–H and O–H groups in total. The van der Waals surface area contributed by atoms with Crippen molar-refractivity contribution in [2.45, 2.75) is 32.4 Å². The molecule has 1 heterocycles. The minimum Gasteiger partial charge on any atom is -0.302 e. The molecule has 2 atom stereocenters. The van der Waals surface area contributed by atoms with Gasteiger partial charge in [0, 0.05) is 17.8 Å². The molecule has 5 heteroatoms. The van der Waals surface area contributed by atoms with E-state index in [9.17, 15) is 8.78 Å². The summed E-state index contributed by atoms with van der Waals surface area (Å²) in [5.74, 6) is 0. The van der Waals surface area contributed by atoms with Crippen LogP contribution in [0.3, 0.4) is 0 Å². The van der Waals surface area contributed by atoms with E-state index in [1.807, 2.05) is 6.92 Å². The molecule has 13 heavy (non-hydrogen) atoms. The monoisotopic (exact) mass is 189 g/mol. The number of aromatic amines is 1. The van der Waals surface area contributed by atoms with E-state index in [1.165, 1.54) is 6.92 Å². The number of alkyl halides is 2. The van der Waals surface area contributed by atoms with Crippen molar-refractivity contribution >= 4 is 0 Å². The lowest BCUT2D eigenvalue weighted by Gasteiger charge is -2.17. The second-order valence-corrected chi connectivity index (χ2v) is 3.04. The van der Waals surface area contributed by atoms with Gasteiger partial charge in [0.05, 0.1) is 12.2 Å². The van der Waals surface area contributed by atoms with Crippen LogP contribution in [0.25, 0.3) is 0 Å². The first-order valence-electron chi connectivity index (χ1n) is 4.14. The summed E-state index contributed by atoms with van der Waals surface area (Å²) in [4.78, 5) is 0. The van der Waals surface area contributed by atoms with E-state index in [-0.39, 0.29) is 6.04 Å². The highest BCUT2D eigenvalue weighted by Gasteiger charge is 2.17. The second-order valence-electron chi connectivity index (χ2n) is 3.04. The van der Waals surface area contributed by atoms with Crippen molar-refractivity contribution in [1.82, 2.24) is 15.5 Å². The Kier molecular flexibility index (Phi) is 3.36. The Morgan fingerprint density at radius 1 is 1.46 bits per heavy atom. The van der Waals surface area contributed by atoms with Crippen LogP contribution < -0.4 is 5.32 Å². The number of nitrogens with zero attached hydrogens (tertiary/aromatic N) is 1. The van der Waals surface area contributed by atoms with E-state index in [2.05, 4.69) is 15.5 Å². The normalized spacial score (nSPS) is 16.1. The molecule has 0 saturated carbocycles. The molecule has 2 unspecified atom stereocenters. The quantitative estimate of drug-likeness (QED) is 0.757. The smallest absolute Gasteiger partial charge is 0.253 e. The SMILES string of the molecule is CC(NC(C)C(F)F)c1cn[nH]c1. The van der Waals surface area contributed by atoms with Crippen LogP contribution in [0.4, 0.5) is 8.78 Å². The van der Waals surface area contributed by atoms with Crippen LogP contribution in [0.15, 0.2) is 12.4 Å². The predicted octanol–water partition coefficient (Wildman–Crippen LogP) is 1.71. The molecule has 0 amide bonds. The lowest BCUT2D eigenvalue weighted by molar-refractivity contribution is 0.101. The lowest BCUT2D eigenvalue weighted by atomic mass is 10.1. The highest BCUT2D eigenvalue weighted by Crippen LogP contribution is 2.12. The van der Waals surface area contributed by atoms with E-state index in [0.717, 1.165) is 5.56 Å². The van der Waals surface area contributed by atoms with Gasteiger partial charge in [-0.15, -0.1) is 0 Å². The summed E-state index contributed by atoms with van der Waals surface area (Å²) in [6.07, 6.45) is 0.973. The summed E-state index contributed by atoms with van der Waals surface area (Å²) in [6, 6.07) is -0.910. The van der Waals surface area contributed by atoms with Crippen molar-refractivity contribution in [1.29, 1.82) is 0 Å². The van der Waals surface area contributed by atoms with Crippen molar-refractivity contribution in [3.8, 4) is 0 Å². The van der Waals surface area contributed by atoms with Gasteiger partial charge in [0.25, 0.3) is 6.43 Å². The molecular weight excluding hydrogens is 176 g/mol. The van der Waals surface area contributed by atoms with E-state index in [4.69, 9.17) is 0 Å². The average molecular weight is 189 g/mol. The van der Waals surface area contributed by atoms with Crippen molar-refractivity contribution < 1.29 is 8.78 Å². The molecule has 1 aromatic heterocycles. The summed E-state index contributed by atoms with van der Waals surface area (Å²) in [7, 11) is 0. The Balaban J connectivity index is 2.46. The molecule has 0 saturated heterocycles. The topological polar surface area (TPSA) is 40.7 Å². The minimum atomic E-state index is -2.34. The van der Waals surface area contributed by atoms with Gasteiger partial charge in [-0.3, -0.25) is 5.10 Å². The number of rotatable bonds is 4. The number of hydrogen-bond donors (Lipinski definition) is 2. The molecule has 3 nitrogen and oxygen atoms in total. The fourth-order valence-corrected chi connectivity index (χ4v) is 1.06. The maximum Gasteiger partial charge on any atom is 0.253 e. The second kappa shape index (κ2) is 4.32. The molecule has 0 aliphatic carbocycles. The van der Waals surface area contributed by atoms with E-state index in [1.54, 1.807) is 12.4 Å². The van der Waals surface area contributed by atoms with Crippen LogP contribution in [0.5, 0.6) is 0 Å². The molecule has 0 aliphatic rings. The maximum atomic E-state index is 12.1.